The fourth-order valence-corrected chi connectivity index (χ4v) is 0.994. The van der Waals surface area contributed by atoms with Crippen molar-refractivity contribution in [2.75, 3.05) is 0 Å². The van der Waals surface area contributed by atoms with E-state index in [0.717, 1.165) is 0 Å². The van der Waals surface area contributed by atoms with Crippen LogP contribution in [0.2, 0.25) is 0 Å². The summed E-state index contributed by atoms with van der Waals surface area (Å²) in [6.07, 6.45) is 0. The van der Waals surface area contributed by atoms with E-state index in [1.807, 2.05) is 0 Å². The number of carbonyl (C=O) groups excluding carboxylic acids is 2. The van der Waals surface area contributed by atoms with Crippen molar-refractivity contribution in [1.29, 1.82) is 0 Å². The third-order valence-electron chi connectivity index (χ3n) is 2.00. The van der Waals surface area contributed by atoms with Crippen LogP contribution in [0.5, 0.6) is 11.5 Å². The van der Waals surface area contributed by atoms with Crippen LogP contribution in [-0.2, 0) is 9.59 Å². The summed E-state index contributed by atoms with van der Waals surface area (Å²) < 4.78 is 9.91. The lowest BCUT2D eigenvalue weighted by Crippen LogP contribution is -2.31. The van der Waals surface area contributed by atoms with Gasteiger partial charge in [-0.1, -0.05) is 0 Å². The Morgan fingerprint density at radius 2 is 1.17 bits per heavy atom. The summed E-state index contributed by atoms with van der Waals surface area (Å²) in [5, 5.41) is 0. The summed E-state index contributed by atoms with van der Waals surface area (Å²) in [5.74, 6) is -0.401. The third-order valence-corrected chi connectivity index (χ3v) is 2.00. The Kier molecular flexibility index (Phi) is 4.82. The van der Waals surface area contributed by atoms with E-state index in [1.165, 1.54) is 38.1 Å². The molecule has 1 rings (SSSR count). The van der Waals surface area contributed by atoms with Crippen molar-refractivity contribution in [3.63, 3.8) is 0 Å². The lowest BCUT2D eigenvalue weighted by atomic mass is 10.3. The predicted molar refractivity (Wildman–Crippen MR) is 65.0 cm³/mol. The third kappa shape index (κ3) is 4.15. The van der Waals surface area contributed by atoms with Crippen LogP contribution in [-0.4, -0.2) is 24.0 Å². The van der Waals surface area contributed by atoms with E-state index in [4.69, 9.17) is 20.9 Å². The summed E-state index contributed by atoms with van der Waals surface area (Å²) in [6.45, 7) is 3.06. The Labute approximate surface area is 105 Å². The molecule has 0 aromatic heterocycles. The van der Waals surface area contributed by atoms with Crippen molar-refractivity contribution in [1.82, 2.24) is 0 Å². The first-order valence-corrected chi connectivity index (χ1v) is 5.44. The van der Waals surface area contributed by atoms with Crippen LogP contribution in [0.1, 0.15) is 13.8 Å². The van der Waals surface area contributed by atoms with Crippen LogP contribution in [0.15, 0.2) is 24.3 Å². The first-order chi connectivity index (χ1) is 8.40. The molecule has 0 bridgehead atoms. The lowest BCUT2D eigenvalue weighted by Gasteiger charge is -2.09. The topological polar surface area (TPSA) is 105 Å². The normalized spacial score (nSPS) is 13.6. The van der Waals surface area contributed by atoms with Gasteiger partial charge >= 0.3 is 11.9 Å². The fourth-order valence-electron chi connectivity index (χ4n) is 0.994. The van der Waals surface area contributed by atoms with Crippen molar-refractivity contribution in [3.8, 4) is 11.5 Å². The first-order valence-electron chi connectivity index (χ1n) is 5.44. The number of carbonyl (C=O) groups is 2. The summed E-state index contributed by atoms with van der Waals surface area (Å²) in [5.41, 5.74) is 10.7. The number of hydrogen-bond donors (Lipinski definition) is 2. The largest absolute Gasteiger partial charge is 0.425 e. The summed E-state index contributed by atoms with van der Waals surface area (Å²) in [4.78, 5) is 22.4. The first kappa shape index (κ1) is 14.1. The average Bonchev–Trinajstić information content (AvgIpc) is 2.31. The maximum absolute atomic E-state index is 11.2. The van der Waals surface area contributed by atoms with E-state index in [-0.39, 0.29) is 0 Å². The minimum Gasteiger partial charge on any atom is -0.425 e. The molecule has 1 aromatic rings. The van der Waals surface area contributed by atoms with E-state index >= 15 is 0 Å². The molecular formula is C12H16N2O4. The second kappa shape index (κ2) is 6.13. The van der Waals surface area contributed by atoms with Gasteiger partial charge in [0.1, 0.15) is 23.6 Å². The summed E-state index contributed by atoms with van der Waals surface area (Å²) >= 11 is 0. The highest BCUT2D eigenvalue weighted by atomic mass is 16.5. The monoisotopic (exact) mass is 252 g/mol. The van der Waals surface area contributed by atoms with Gasteiger partial charge in [0.25, 0.3) is 0 Å². The molecule has 98 valence electrons. The van der Waals surface area contributed by atoms with Gasteiger partial charge in [0.05, 0.1) is 0 Å². The Morgan fingerprint density at radius 1 is 0.889 bits per heavy atom. The second-order valence-electron chi connectivity index (χ2n) is 3.89. The summed E-state index contributed by atoms with van der Waals surface area (Å²) in [6, 6.07) is 4.63. The Bertz CT molecular complexity index is 385. The zero-order valence-electron chi connectivity index (χ0n) is 10.3. The van der Waals surface area contributed by atoms with Crippen molar-refractivity contribution in [2.45, 2.75) is 25.9 Å². The molecule has 0 radical (unpaired) electrons. The molecule has 0 saturated carbocycles. The number of rotatable bonds is 4. The van der Waals surface area contributed by atoms with Gasteiger partial charge in [-0.05, 0) is 38.1 Å². The van der Waals surface area contributed by atoms with Gasteiger partial charge in [-0.15, -0.1) is 0 Å². The highest BCUT2D eigenvalue weighted by Gasteiger charge is 2.12. The SMILES string of the molecule is CC(N)C(=O)Oc1ccc(OC(=O)C(C)N)cc1. The fraction of sp³-hybridized carbons (Fsp3) is 0.333. The molecule has 2 unspecified atom stereocenters. The molecule has 0 aliphatic rings. The van der Waals surface area contributed by atoms with E-state index in [0.29, 0.717) is 11.5 Å². The number of benzene rings is 1. The maximum Gasteiger partial charge on any atom is 0.328 e. The number of esters is 2. The highest BCUT2D eigenvalue weighted by molar-refractivity contribution is 5.78. The van der Waals surface area contributed by atoms with Crippen LogP contribution in [0.3, 0.4) is 0 Å². The zero-order valence-corrected chi connectivity index (χ0v) is 10.3. The zero-order chi connectivity index (χ0) is 13.7. The number of ether oxygens (including phenoxy) is 2. The molecule has 0 aliphatic heterocycles. The molecule has 4 N–H and O–H groups in total. The molecular weight excluding hydrogens is 236 g/mol. The second-order valence-corrected chi connectivity index (χ2v) is 3.89. The quantitative estimate of drug-likeness (QED) is 0.585. The molecule has 2 atom stereocenters. The number of nitrogens with two attached hydrogens (primary N) is 2. The Morgan fingerprint density at radius 3 is 1.39 bits per heavy atom. The van der Waals surface area contributed by atoms with Crippen LogP contribution in [0.25, 0.3) is 0 Å². The molecule has 0 spiro atoms. The van der Waals surface area contributed by atoms with Crippen LogP contribution in [0, 0.1) is 0 Å². The highest BCUT2D eigenvalue weighted by Crippen LogP contribution is 2.18. The van der Waals surface area contributed by atoms with Gasteiger partial charge in [-0.3, -0.25) is 0 Å². The predicted octanol–water partition coefficient (Wildman–Crippen LogP) is 0.192. The maximum atomic E-state index is 11.2. The van der Waals surface area contributed by atoms with E-state index in [2.05, 4.69) is 0 Å². The summed E-state index contributed by atoms with van der Waals surface area (Å²) in [7, 11) is 0. The van der Waals surface area contributed by atoms with Crippen LogP contribution < -0.4 is 20.9 Å². The van der Waals surface area contributed by atoms with Gasteiger partial charge in [0, 0.05) is 0 Å². The molecule has 0 aliphatic carbocycles. The molecule has 6 nitrogen and oxygen atoms in total. The van der Waals surface area contributed by atoms with E-state index in [1.54, 1.807) is 0 Å². The van der Waals surface area contributed by atoms with Crippen LogP contribution >= 0.6 is 0 Å². The van der Waals surface area contributed by atoms with Crippen LogP contribution in [0.4, 0.5) is 0 Å². The van der Waals surface area contributed by atoms with E-state index in [9.17, 15) is 9.59 Å². The smallest absolute Gasteiger partial charge is 0.328 e. The lowest BCUT2D eigenvalue weighted by molar-refractivity contribution is -0.136. The van der Waals surface area contributed by atoms with Crippen molar-refractivity contribution < 1.29 is 19.1 Å². The van der Waals surface area contributed by atoms with Gasteiger partial charge in [-0.2, -0.15) is 0 Å². The molecule has 18 heavy (non-hydrogen) atoms. The Balaban J connectivity index is 2.63. The molecule has 6 heteroatoms. The van der Waals surface area contributed by atoms with Gasteiger partial charge < -0.3 is 20.9 Å². The molecule has 0 fully saturated rings. The minimum absolute atomic E-state index is 0.331. The van der Waals surface area contributed by atoms with Gasteiger partial charge in [-0.25, -0.2) is 9.59 Å². The molecule has 0 heterocycles. The average molecular weight is 252 g/mol. The number of hydrogen-bond acceptors (Lipinski definition) is 6. The van der Waals surface area contributed by atoms with E-state index < -0.39 is 24.0 Å². The molecule has 0 saturated heterocycles. The molecule has 1 aromatic carbocycles. The van der Waals surface area contributed by atoms with Gasteiger partial charge in [0.15, 0.2) is 0 Å². The van der Waals surface area contributed by atoms with Crippen molar-refractivity contribution in [3.05, 3.63) is 24.3 Å². The Hall–Kier alpha value is -1.92. The molecule has 0 amide bonds. The van der Waals surface area contributed by atoms with Crippen molar-refractivity contribution in [2.24, 2.45) is 11.5 Å². The van der Waals surface area contributed by atoms with Gasteiger partial charge in [0.2, 0.25) is 0 Å². The standard InChI is InChI=1S/C12H16N2O4/c1-7(13)11(15)17-9-3-5-10(6-4-9)18-12(16)8(2)14/h3-8H,13-14H2,1-2H3. The van der Waals surface area contributed by atoms with Crippen molar-refractivity contribution >= 4 is 11.9 Å². The minimum atomic E-state index is -0.694.